The molecule has 0 saturated heterocycles. The van der Waals surface area contributed by atoms with Crippen LogP contribution in [-0.2, 0) is 0 Å². The van der Waals surface area contributed by atoms with Crippen LogP contribution in [0.15, 0.2) is 12.4 Å². The monoisotopic (exact) mass is 174 g/mol. The van der Waals surface area contributed by atoms with Gasteiger partial charge in [0.1, 0.15) is 0 Å². The normalized spacial score (nSPS) is 9.12. The van der Waals surface area contributed by atoms with Gasteiger partial charge in [0.25, 0.3) is 0 Å². The lowest BCUT2D eigenvalue weighted by atomic mass is 10.7. The lowest BCUT2D eigenvalue weighted by molar-refractivity contribution is 0.111. The molecular weight excluding hydrogens is 172 g/mol. The summed E-state index contributed by atoms with van der Waals surface area (Å²) in [5.74, 6) is 0.380. The van der Waals surface area contributed by atoms with Crippen LogP contribution in [0.1, 0.15) is 10.6 Å². The van der Waals surface area contributed by atoms with E-state index >= 15 is 0 Å². The molecule has 0 aromatic carbocycles. The minimum absolute atomic E-state index is 0.380. The molecule has 4 heteroatoms. The van der Waals surface area contributed by atoms with Crippen LogP contribution in [0.25, 0.3) is 0 Å². The molecule has 1 aromatic heterocycles. The molecule has 1 heterocycles. The second-order valence-corrected chi connectivity index (χ2v) is 1.98. The number of hydrogen-bond donors (Lipinski definition) is 0. The van der Waals surface area contributed by atoms with Crippen LogP contribution in [0.4, 0.5) is 0 Å². The Balaban J connectivity index is 3.09. The molecule has 0 aliphatic carbocycles. The number of carbonyl (C=O) groups is 1. The van der Waals surface area contributed by atoms with Gasteiger partial charge in [-0.15, -0.1) is 0 Å². The number of carbonyl (C=O) groups excluding carboxylic acids is 1. The molecule has 42 valence electrons. The van der Waals surface area contributed by atoms with Gasteiger partial charge in [-0.2, -0.15) is 0 Å². The van der Waals surface area contributed by atoms with Crippen molar-refractivity contribution in [3.05, 3.63) is 18.2 Å². The van der Waals surface area contributed by atoms with Crippen LogP contribution in [-0.4, -0.2) is 14.9 Å². The van der Waals surface area contributed by atoms with Crippen LogP contribution in [0.3, 0.4) is 0 Å². The maximum Gasteiger partial charge on any atom is 0.186 e. The van der Waals surface area contributed by atoms with Gasteiger partial charge in [0.15, 0.2) is 12.1 Å². The summed E-state index contributed by atoms with van der Waals surface area (Å²) < 4.78 is 1.47. The third-order valence-corrected chi connectivity index (χ3v) is 1.33. The molecule has 0 aliphatic heterocycles. The number of rotatable bonds is 1. The second kappa shape index (κ2) is 2.09. The highest BCUT2D eigenvalue weighted by Gasteiger charge is 1.93. The van der Waals surface area contributed by atoms with Gasteiger partial charge in [-0.05, 0) is 0 Å². The molecule has 0 unspecified atom stereocenters. The van der Waals surface area contributed by atoms with Crippen molar-refractivity contribution < 1.29 is 4.79 Å². The first kappa shape index (κ1) is 5.50. The maximum atomic E-state index is 9.98. The summed E-state index contributed by atoms with van der Waals surface area (Å²) >= 11 is 3.05. The van der Waals surface area contributed by atoms with Crippen molar-refractivity contribution in [2.45, 2.75) is 0 Å². The Kier molecular flexibility index (Phi) is 1.43. The fourth-order valence-electron chi connectivity index (χ4n) is 0.381. The van der Waals surface area contributed by atoms with E-state index in [0.29, 0.717) is 12.1 Å². The Hall–Kier alpha value is -0.640. The minimum Gasteiger partial charge on any atom is -0.294 e. The first-order chi connectivity index (χ1) is 3.84. The Morgan fingerprint density at radius 3 is 2.88 bits per heavy atom. The zero-order valence-electron chi connectivity index (χ0n) is 3.91. The van der Waals surface area contributed by atoms with Gasteiger partial charge in [0, 0.05) is 12.4 Å². The predicted octanol–water partition coefficient (Wildman–Crippen LogP) is 0.854. The third-order valence-electron chi connectivity index (χ3n) is 0.729. The standard InChI is InChI=1S/C4H3BrN2O/c5-7-2-1-6-4(7)3-8/h1-3H. The first-order valence-electron chi connectivity index (χ1n) is 1.99. The highest BCUT2D eigenvalue weighted by Crippen LogP contribution is 1.96. The van der Waals surface area contributed by atoms with Crippen molar-refractivity contribution >= 4 is 22.4 Å². The molecule has 1 rings (SSSR count). The average Bonchev–Trinajstić information content (AvgIpc) is 2.14. The zero-order valence-corrected chi connectivity index (χ0v) is 5.50. The average molecular weight is 175 g/mol. The van der Waals surface area contributed by atoms with Gasteiger partial charge < -0.3 is 0 Å². The SMILES string of the molecule is O=Cc1nccn1Br. The number of nitrogens with zero attached hydrogens (tertiary/aromatic N) is 2. The molecule has 0 amide bonds. The number of hydrogen-bond acceptors (Lipinski definition) is 2. The lowest BCUT2D eigenvalue weighted by Gasteiger charge is -1.82. The molecule has 0 radical (unpaired) electrons. The summed E-state index contributed by atoms with van der Waals surface area (Å²) in [5.41, 5.74) is 0. The van der Waals surface area contributed by atoms with E-state index in [9.17, 15) is 4.79 Å². The molecule has 0 N–H and O–H groups in total. The van der Waals surface area contributed by atoms with E-state index in [0.717, 1.165) is 0 Å². The van der Waals surface area contributed by atoms with Crippen molar-refractivity contribution in [2.75, 3.05) is 0 Å². The van der Waals surface area contributed by atoms with E-state index in [4.69, 9.17) is 0 Å². The zero-order chi connectivity index (χ0) is 5.98. The van der Waals surface area contributed by atoms with Gasteiger partial charge in [0.2, 0.25) is 0 Å². The Morgan fingerprint density at radius 1 is 1.88 bits per heavy atom. The summed E-state index contributed by atoms with van der Waals surface area (Å²) in [5, 5.41) is 0. The molecule has 0 fully saturated rings. The minimum atomic E-state index is 0.380. The van der Waals surface area contributed by atoms with E-state index < -0.39 is 0 Å². The van der Waals surface area contributed by atoms with Crippen LogP contribution >= 0.6 is 16.1 Å². The largest absolute Gasteiger partial charge is 0.294 e. The number of imidazole rings is 1. The van der Waals surface area contributed by atoms with Gasteiger partial charge in [-0.3, -0.25) is 8.39 Å². The molecule has 0 atom stereocenters. The van der Waals surface area contributed by atoms with Crippen molar-refractivity contribution in [3.8, 4) is 0 Å². The number of halogens is 1. The van der Waals surface area contributed by atoms with Crippen molar-refractivity contribution in [2.24, 2.45) is 0 Å². The smallest absolute Gasteiger partial charge is 0.186 e. The molecular formula is C4H3BrN2O. The van der Waals surface area contributed by atoms with Crippen LogP contribution in [0, 0.1) is 0 Å². The van der Waals surface area contributed by atoms with Crippen molar-refractivity contribution in [1.29, 1.82) is 0 Å². The van der Waals surface area contributed by atoms with Crippen LogP contribution < -0.4 is 0 Å². The fourth-order valence-corrected chi connectivity index (χ4v) is 0.661. The summed E-state index contributed by atoms with van der Waals surface area (Å²) in [6.45, 7) is 0. The number of aldehydes is 1. The van der Waals surface area contributed by atoms with Gasteiger partial charge in [-0.1, -0.05) is 0 Å². The van der Waals surface area contributed by atoms with Gasteiger partial charge >= 0.3 is 0 Å². The Morgan fingerprint density at radius 2 is 2.62 bits per heavy atom. The highest BCUT2D eigenvalue weighted by atomic mass is 79.9. The summed E-state index contributed by atoms with van der Waals surface area (Å²) in [4.78, 5) is 13.7. The van der Waals surface area contributed by atoms with E-state index in [1.165, 1.54) is 3.59 Å². The third kappa shape index (κ3) is 0.790. The van der Waals surface area contributed by atoms with E-state index in [1.807, 2.05) is 0 Å². The lowest BCUT2D eigenvalue weighted by Crippen LogP contribution is -1.86. The number of aromatic nitrogens is 2. The summed E-state index contributed by atoms with van der Waals surface area (Å²) in [6, 6.07) is 0. The van der Waals surface area contributed by atoms with Gasteiger partial charge in [0.05, 0.1) is 16.1 Å². The van der Waals surface area contributed by atoms with Crippen LogP contribution in [0.5, 0.6) is 0 Å². The topological polar surface area (TPSA) is 34.9 Å². The highest BCUT2D eigenvalue weighted by molar-refractivity contribution is 9.08. The van der Waals surface area contributed by atoms with Crippen molar-refractivity contribution in [1.82, 2.24) is 8.58 Å². The molecule has 0 bridgehead atoms. The Bertz CT molecular complexity index is 196. The molecule has 8 heavy (non-hydrogen) atoms. The molecule has 0 aliphatic rings. The molecule has 0 saturated carbocycles. The summed E-state index contributed by atoms with van der Waals surface area (Å²) in [7, 11) is 0. The van der Waals surface area contributed by atoms with E-state index in [1.54, 1.807) is 12.4 Å². The van der Waals surface area contributed by atoms with Crippen molar-refractivity contribution in [3.63, 3.8) is 0 Å². The quantitative estimate of drug-likeness (QED) is 0.593. The maximum absolute atomic E-state index is 9.98. The second-order valence-electron chi connectivity index (χ2n) is 1.21. The molecule has 3 nitrogen and oxygen atoms in total. The molecule has 1 aromatic rings. The first-order valence-corrected chi connectivity index (χ1v) is 2.70. The predicted molar refractivity (Wildman–Crippen MR) is 31.9 cm³/mol. The van der Waals surface area contributed by atoms with Gasteiger partial charge in [-0.25, -0.2) is 4.98 Å². The van der Waals surface area contributed by atoms with E-state index in [-0.39, 0.29) is 0 Å². The van der Waals surface area contributed by atoms with Crippen LogP contribution in [0.2, 0.25) is 0 Å². The summed E-state index contributed by atoms with van der Waals surface area (Å²) in [6.07, 6.45) is 3.86. The molecule has 0 spiro atoms. The van der Waals surface area contributed by atoms with E-state index in [2.05, 4.69) is 21.1 Å². The Labute approximate surface area is 54.7 Å². The fraction of sp³-hybridized carbons (Fsp3) is 0.